The molecular weight excluding hydrogens is 326 g/mol. The lowest BCUT2D eigenvalue weighted by atomic mass is 9.85. The van der Waals surface area contributed by atoms with E-state index in [4.69, 9.17) is 0 Å². The number of nitrogens with one attached hydrogen (secondary N) is 1. The lowest BCUT2D eigenvalue weighted by Gasteiger charge is -2.28. The van der Waals surface area contributed by atoms with Crippen LogP contribution in [0.2, 0.25) is 0 Å². The van der Waals surface area contributed by atoms with Gasteiger partial charge in [0.25, 0.3) is 0 Å². The number of carbonyl (C=O) groups excluding carboxylic acids is 1. The zero-order chi connectivity index (χ0) is 15.6. The normalized spacial score (nSPS) is 22.4. The van der Waals surface area contributed by atoms with Crippen molar-refractivity contribution < 1.29 is 4.79 Å². The van der Waals surface area contributed by atoms with E-state index in [1.807, 2.05) is 10.9 Å². The largest absolute Gasteiger partial charge is 0.310 e. The molecule has 4 nitrogen and oxygen atoms in total. The highest BCUT2D eigenvalue weighted by atomic mass is 32.2. The van der Waals surface area contributed by atoms with E-state index >= 15 is 0 Å². The Hall–Kier alpha value is -1.27. The minimum Gasteiger partial charge on any atom is -0.310 e. The predicted molar refractivity (Wildman–Crippen MR) is 96.1 cm³/mol. The van der Waals surface area contributed by atoms with Crippen LogP contribution >= 0.6 is 23.1 Å². The molecule has 0 radical (unpaired) electrons. The molecule has 2 aromatic heterocycles. The minimum atomic E-state index is 0.0995. The highest BCUT2D eigenvalue weighted by Crippen LogP contribution is 2.46. The lowest BCUT2D eigenvalue weighted by molar-refractivity contribution is -0.113. The first-order valence-electron chi connectivity index (χ1n) is 8.31. The molecular formula is C17H21N3OS2. The van der Waals surface area contributed by atoms with Crippen molar-refractivity contribution in [2.24, 2.45) is 5.92 Å². The Balaban J connectivity index is 1.65. The number of thioether (sulfide) groups is 1. The maximum atomic E-state index is 12.2. The van der Waals surface area contributed by atoms with E-state index in [1.165, 1.54) is 42.5 Å². The average Bonchev–Trinajstić information content (AvgIpc) is 3.17. The van der Waals surface area contributed by atoms with E-state index < -0.39 is 0 Å². The fourth-order valence-corrected chi connectivity index (χ4v) is 5.65. The Kier molecular flexibility index (Phi) is 4.44. The maximum Gasteiger partial charge on any atom is 0.235 e. The zero-order valence-electron chi connectivity index (χ0n) is 13.0. The van der Waals surface area contributed by atoms with Gasteiger partial charge in [0.2, 0.25) is 5.91 Å². The second-order valence-corrected chi connectivity index (χ2v) is 8.53. The first-order valence-corrected chi connectivity index (χ1v) is 10.2. The molecule has 0 saturated heterocycles. The molecule has 1 N–H and O–H groups in total. The fourth-order valence-electron chi connectivity index (χ4n) is 3.67. The van der Waals surface area contributed by atoms with Crippen LogP contribution < -0.4 is 5.32 Å². The smallest absolute Gasteiger partial charge is 0.235 e. The SMILES string of the molecule is O=C1CS[C@@H](C2CCCCC2)c2cnn(Cc3cccs3)c2N1. The number of anilines is 1. The number of amides is 1. The van der Waals surface area contributed by atoms with Gasteiger partial charge in [0.05, 0.1) is 18.5 Å². The molecule has 0 aromatic carbocycles. The van der Waals surface area contributed by atoms with Crippen LogP contribution in [0.5, 0.6) is 0 Å². The second kappa shape index (κ2) is 6.69. The quantitative estimate of drug-likeness (QED) is 0.900. The van der Waals surface area contributed by atoms with Gasteiger partial charge in [-0.25, -0.2) is 4.68 Å². The third kappa shape index (κ3) is 3.19. The summed E-state index contributed by atoms with van der Waals surface area (Å²) in [4.78, 5) is 13.4. The highest BCUT2D eigenvalue weighted by molar-refractivity contribution is 8.00. The summed E-state index contributed by atoms with van der Waals surface area (Å²) in [6.45, 7) is 0.731. The summed E-state index contributed by atoms with van der Waals surface area (Å²) in [6.07, 6.45) is 8.54. The topological polar surface area (TPSA) is 46.9 Å². The molecule has 1 fully saturated rings. The van der Waals surface area contributed by atoms with Crippen LogP contribution in [-0.2, 0) is 11.3 Å². The van der Waals surface area contributed by atoms with E-state index in [0.717, 1.165) is 12.4 Å². The maximum absolute atomic E-state index is 12.2. The average molecular weight is 348 g/mol. The van der Waals surface area contributed by atoms with Gasteiger partial charge < -0.3 is 5.32 Å². The third-order valence-corrected chi connectivity index (χ3v) is 7.08. The van der Waals surface area contributed by atoms with Crippen LogP contribution in [0.3, 0.4) is 0 Å². The molecule has 23 heavy (non-hydrogen) atoms. The summed E-state index contributed by atoms with van der Waals surface area (Å²) in [5.74, 6) is 2.25. The van der Waals surface area contributed by atoms with Crippen molar-refractivity contribution in [3.8, 4) is 0 Å². The number of hydrogen-bond acceptors (Lipinski definition) is 4. The molecule has 1 atom stereocenters. The monoisotopic (exact) mass is 347 g/mol. The molecule has 1 aliphatic carbocycles. The molecule has 0 bridgehead atoms. The highest BCUT2D eigenvalue weighted by Gasteiger charge is 2.32. The van der Waals surface area contributed by atoms with Crippen LogP contribution in [0.4, 0.5) is 5.82 Å². The van der Waals surface area contributed by atoms with Crippen LogP contribution in [0.15, 0.2) is 23.7 Å². The van der Waals surface area contributed by atoms with Gasteiger partial charge in [-0.3, -0.25) is 4.79 Å². The van der Waals surface area contributed by atoms with E-state index in [0.29, 0.717) is 16.9 Å². The summed E-state index contributed by atoms with van der Waals surface area (Å²) < 4.78 is 1.96. The van der Waals surface area contributed by atoms with Crippen molar-refractivity contribution in [1.29, 1.82) is 0 Å². The van der Waals surface area contributed by atoms with E-state index in [2.05, 4.69) is 27.9 Å². The van der Waals surface area contributed by atoms with Gasteiger partial charge >= 0.3 is 0 Å². The first kappa shape index (κ1) is 15.3. The number of nitrogens with zero attached hydrogens (tertiary/aromatic N) is 2. The van der Waals surface area contributed by atoms with E-state index in [-0.39, 0.29) is 5.91 Å². The van der Waals surface area contributed by atoms with Crippen molar-refractivity contribution in [3.63, 3.8) is 0 Å². The summed E-state index contributed by atoms with van der Waals surface area (Å²) in [6, 6.07) is 4.17. The van der Waals surface area contributed by atoms with Gasteiger partial charge in [0, 0.05) is 15.7 Å². The first-order chi connectivity index (χ1) is 11.3. The lowest BCUT2D eigenvalue weighted by Crippen LogP contribution is -2.16. The van der Waals surface area contributed by atoms with Crippen LogP contribution in [0, 0.1) is 5.92 Å². The molecule has 3 heterocycles. The van der Waals surface area contributed by atoms with Crippen LogP contribution in [-0.4, -0.2) is 21.4 Å². The molecule has 1 amide bonds. The van der Waals surface area contributed by atoms with Gasteiger partial charge in [0.15, 0.2) is 0 Å². The molecule has 2 aromatic rings. The van der Waals surface area contributed by atoms with Crippen molar-refractivity contribution in [3.05, 3.63) is 34.2 Å². The number of hydrogen-bond donors (Lipinski definition) is 1. The van der Waals surface area contributed by atoms with Crippen LogP contribution in [0.25, 0.3) is 0 Å². The van der Waals surface area contributed by atoms with Crippen molar-refractivity contribution in [1.82, 2.24) is 9.78 Å². The fraction of sp³-hybridized carbons (Fsp3) is 0.529. The van der Waals surface area contributed by atoms with Gasteiger partial charge in [-0.2, -0.15) is 5.10 Å². The Labute approximate surface area is 144 Å². The predicted octanol–water partition coefficient (Wildman–Crippen LogP) is 4.30. The number of aromatic nitrogens is 2. The summed E-state index contributed by atoms with van der Waals surface area (Å²) in [5.41, 5.74) is 1.23. The van der Waals surface area contributed by atoms with Crippen molar-refractivity contribution >= 4 is 34.8 Å². The molecule has 1 aliphatic heterocycles. The Morgan fingerprint density at radius 1 is 1.30 bits per heavy atom. The molecule has 0 spiro atoms. The summed E-state index contributed by atoms with van der Waals surface area (Å²) >= 11 is 3.53. The Morgan fingerprint density at radius 2 is 2.17 bits per heavy atom. The van der Waals surface area contributed by atoms with Gasteiger partial charge in [-0.15, -0.1) is 23.1 Å². The number of thiophene rings is 1. The molecule has 122 valence electrons. The third-order valence-electron chi connectivity index (χ3n) is 4.79. The molecule has 2 aliphatic rings. The number of rotatable bonds is 3. The molecule has 6 heteroatoms. The standard InChI is InChI=1S/C17H21N3OS2/c21-15-11-23-16(12-5-2-1-3-6-12)14-9-18-20(17(14)19-15)10-13-7-4-8-22-13/h4,7-9,12,16H,1-3,5-6,10-11H2,(H,19,21)/t16-/m0/s1. The summed E-state index contributed by atoms with van der Waals surface area (Å²) in [7, 11) is 0. The molecule has 0 unspecified atom stereocenters. The molecule has 4 rings (SSSR count). The van der Waals surface area contributed by atoms with E-state index in [9.17, 15) is 4.79 Å². The molecule has 1 saturated carbocycles. The Bertz CT molecular complexity index is 674. The van der Waals surface area contributed by atoms with Gasteiger partial charge in [-0.1, -0.05) is 25.3 Å². The van der Waals surface area contributed by atoms with Crippen molar-refractivity contribution in [2.45, 2.75) is 43.9 Å². The summed E-state index contributed by atoms with van der Waals surface area (Å²) in [5, 5.41) is 10.2. The minimum absolute atomic E-state index is 0.0995. The zero-order valence-corrected chi connectivity index (χ0v) is 14.7. The second-order valence-electron chi connectivity index (χ2n) is 6.36. The Morgan fingerprint density at radius 3 is 2.96 bits per heavy atom. The van der Waals surface area contributed by atoms with Gasteiger partial charge in [-0.05, 0) is 30.2 Å². The number of fused-ring (bicyclic) bond motifs is 1. The van der Waals surface area contributed by atoms with Crippen molar-refractivity contribution in [2.75, 3.05) is 11.1 Å². The van der Waals surface area contributed by atoms with E-state index in [1.54, 1.807) is 23.1 Å². The van der Waals surface area contributed by atoms with Crippen LogP contribution in [0.1, 0.15) is 47.8 Å². The van der Waals surface area contributed by atoms with Gasteiger partial charge in [0.1, 0.15) is 5.82 Å². The number of carbonyl (C=O) groups is 1.